The molecule has 104 valence electrons. The van der Waals surface area contributed by atoms with Gasteiger partial charge < -0.3 is 9.73 Å². The van der Waals surface area contributed by atoms with Crippen LogP contribution in [0.15, 0.2) is 40.9 Å². The van der Waals surface area contributed by atoms with Crippen LogP contribution in [-0.2, 0) is 13.0 Å². The van der Waals surface area contributed by atoms with Gasteiger partial charge in [-0.2, -0.15) is 0 Å². The molecule has 1 N–H and O–H groups in total. The summed E-state index contributed by atoms with van der Waals surface area (Å²) in [6.07, 6.45) is 3.02. The van der Waals surface area contributed by atoms with E-state index in [9.17, 15) is 0 Å². The van der Waals surface area contributed by atoms with E-state index >= 15 is 0 Å². The van der Waals surface area contributed by atoms with Gasteiger partial charge in [-0.05, 0) is 25.5 Å². The summed E-state index contributed by atoms with van der Waals surface area (Å²) in [5.74, 6) is 0.963. The Balaban J connectivity index is 1.66. The van der Waals surface area contributed by atoms with Crippen molar-refractivity contribution in [1.82, 2.24) is 10.3 Å². The third kappa shape index (κ3) is 2.76. The fourth-order valence-electron chi connectivity index (χ4n) is 2.15. The number of aryl methyl sites for hydroxylation is 1. The van der Waals surface area contributed by atoms with Gasteiger partial charge in [-0.1, -0.05) is 25.1 Å². The van der Waals surface area contributed by atoms with Crippen molar-refractivity contribution in [3.63, 3.8) is 0 Å². The van der Waals surface area contributed by atoms with Gasteiger partial charge in [0.2, 0.25) is 0 Å². The number of thiazole rings is 1. The largest absolute Gasteiger partial charge is 0.460 e. The molecule has 0 fully saturated rings. The molecule has 3 rings (SSSR count). The van der Waals surface area contributed by atoms with E-state index in [1.54, 1.807) is 11.3 Å². The van der Waals surface area contributed by atoms with E-state index < -0.39 is 0 Å². The van der Waals surface area contributed by atoms with Crippen LogP contribution in [0.3, 0.4) is 0 Å². The maximum atomic E-state index is 5.80. The maximum Gasteiger partial charge on any atom is 0.134 e. The van der Waals surface area contributed by atoms with Crippen LogP contribution in [-0.4, -0.2) is 4.98 Å². The summed E-state index contributed by atoms with van der Waals surface area (Å²) >= 11 is 1.78. The highest BCUT2D eigenvalue weighted by Crippen LogP contribution is 2.22. The number of hydrogen-bond donors (Lipinski definition) is 1. The minimum atomic E-state index is 0.244. The number of nitrogens with one attached hydrogen (secondary N) is 1. The molecule has 2 aromatic heterocycles. The fraction of sp³-hybridized carbons (Fsp3) is 0.312. The predicted molar refractivity (Wildman–Crippen MR) is 83.0 cm³/mol. The van der Waals surface area contributed by atoms with E-state index in [0.717, 1.165) is 34.7 Å². The Bertz CT molecular complexity index is 668. The Hall–Kier alpha value is -1.65. The molecule has 0 aliphatic heterocycles. The lowest BCUT2D eigenvalue weighted by molar-refractivity contribution is 0.481. The first-order valence-electron chi connectivity index (χ1n) is 6.91. The molecule has 2 heterocycles. The van der Waals surface area contributed by atoms with Crippen LogP contribution in [0, 0.1) is 0 Å². The van der Waals surface area contributed by atoms with Gasteiger partial charge >= 0.3 is 0 Å². The smallest absolute Gasteiger partial charge is 0.134 e. The number of fused-ring (bicyclic) bond motifs is 1. The number of benzene rings is 1. The van der Waals surface area contributed by atoms with E-state index in [1.807, 2.05) is 24.4 Å². The molecule has 3 aromatic rings. The lowest BCUT2D eigenvalue weighted by Gasteiger charge is -2.09. The van der Waals surface area contributed by atoms with Crippen LogP contribution in [0.4, 0.5) is 0 Å². The summed E-state index contributed by atoms with van der Waals surface area (Å²) in [5.41, 5.74) is 0.944. The van der Waals surface area contributed by atoms with Crippen LogP contribution >= 0.6 is 11.3 Å². The third-order valence-corrected chi connectivity index (χ3v) is 4.67. The van der Waals surface area contributed by atoms with Gasteiger partial charge in [0.1, 0.15) is 16.4 Å². The topological polar surface area (TPSA) is 38.1 Å². The molecule has 0 radical (unpaired) electrons. The van der Waals surface area contributed by atoms with E-state index in [0.29, 0.717) is 0 Å². The molecule has 0 amide bonds. The first kappa shape index (κ1) is 13.3. The Morgan fingerprint density at radius 2 is 2.20 bits per heavy atom. The molecule has 3 nitrogen and oxygen atoms in total. The molecule has 0 saturated heterocycles. The van der Waals surface area contributed by atoms with Gasteiger partial charge in [-0.3, -0.25) is 0 Å². The van der Waals surface area contributed by atoms with E-state index in [-0.39, 0.29) is 6.04 Å². The molecule has 0 spiro atoms. The number of para-hydroxylation sites is 1. The molecule has 0 bridgehead atoms. The van der Waals surface area contributed by atoms with Crippen LogP contribution in [0.25, 0.3) is 11.0 Å². The molecule has 1 aromatic carbocycles. The van der Waals surface area contributed by atoms with Crippen molar-refractivity contribution < 1.29 is 4.42 Å². The summed E-state index contributed by atoms with van der Waals surface area (Å²) in [7, 11) is 0. The third-order valence-electron chi connectivity index (χ3n) is 3.35. The van der Waals surface area contributed by atoms with Crippen LogP contribution in [0.1, 0.15) is 35.5 Å². The summed E-state index contributed by atoms with van der Waals surface area (Å²) in [6.45, 7) is 5.02. The Morgan fingerprint density at radius 3 is 2.95 bits per heavy atom. The van der Waals surface area contributed by atoms with Gasteiger partial charge in [0.15, 0.2) is 0 Å². The summed E-state index contributed by atoms with van der Waals surface area (Å²) in [6, 6.07) is 10.4. The zero-order valence-electron chi connectivity index (χ0n) is 11.7. The highest BCUT2D eigenvalue weighted by molar-refractivity contribution is 7.11. The van der Waals surface area contributed by atoms with E-state index in [4.69, 9.17) is 4.42 Å². The number of furan rings is 1. The second-order valence-electron chi connectivity index (χ2n) is 4.87. The van der Waals surface area contributed by atoms with Crippen LogP contribution in [0.5, 0.6) is 0 Å². The van der Waals surface area contributed by atoms with Crippen molar-refractivity contribution in [2.24, 2.45) is 0 Å². The highest BCUT2D eigenvalue weighted by atomic mass is 32.1. The van der Waals surface area contributed by atoms with E-state index in [2.05, 4.69) is 36.3 Å². The second kappa shape index (κ2) is 5.77. The molecule has 0 saturated carbocycles. The fourth-order valence-corrected chi connectivity index (χ4v) is 3.04. The van der Waals surface area contributed by atoms with Crippen molar-refractivity contribution in [3.8, 4) is 0 Å². The first-order valence-corrected chi connectivity index (χ1v) is 7.73. The molecule has 20 heavy (non-hydrogen) atoms. The quantitative estimate of drug-likeness (QED) is 0.760. The Labute approximate surface area is 122 Å². The monoisotopic (exact) mass is 286 g/mol. The maximum absolute atomic E-state index is 5.80. The standard InChI is InChI=1S/C16H18N2OS/c1-3-14-10-18-16(20-14)11(2)17-9-13-8-12-6-4-5-7-15(12)19-13/h4-8,10-11,17H,3,9H2,1-2H3. The molecular formula is C16H18N2OS. The summed E-state index contributed by atoms with van der Waals surface area (Å²) < 4.78 is 5.80. The highest BCUT2D eigenvalue weighted by Gasteiger charge is 2.11. The predicted octanol–water partition coefficient (Wildman–Crippen LogP) is 4.30. The normalized spacial score (nSPS) is 12.9. The Kier molecular flexibility index (Phi) is 3.85. The number of nitrogens with zero attached hydrogens (tertiary/aromatic N) is 1. The van der Waals surface area contributed by atoms with Crippen LogP contribution in [0.2, 0.25) is 0 Å². The number of hydrogen-bond acceptors (Lipinski definition) is 4. The van der Waals surface area contributed by atoms with Crippen molar-refractivity contribution >= 4 is 22.3 Å². The lowest BCUT2D eigenvalue weighted by Crippen LogP contribution is -2.17. The van der Waals surface area contributed by atoms with Gasteiger partial charge in [0.05, 0.1) is 12.6 Å². The molecule has 1 unspecified atom stereocenters. The van der Waals surface area contributed by atoms with Crippen LogP contribution < -0.4 is 5.32 Å². The minimum absolute atomic E-state index is 0.244. The van der Waals surface area contributed by atoms with Crippen molar-refractivity contribution in [1.29, 1.82) is 0 Å². The zero-order chi connectivity index (χ0) is 13.9. The SMILES string of the molecule is CCc1cnc(C(C)NCc2cc3ccccc3o2)s1. The van der Waals surface area contributed by atoms with Gasteiger partial charge in [-0.25, -0.2) is 4.98 Å². The van der Waals surface area contributed by atoms with Crippen molar-refractivity contribution in [2.75, 3.05) is 0 Å². The number of aromatic nitrogens is 1. The van der Waals surface area contributed by atoms with Gasteiger partial charge in [0.25, 0.3) is 0 Å². The molecule has 1 atom stereocenters. The molecule has 0 aliphatic carbocycles. The average Bonchev–Trinajstić information content (AvgIpc) is 3.10. The Morgan fingerprint density at radius 1 is 1.35 bits per heavy atom. The lowest BCUT2D eigenvalue weighted by atomic mass is 10.2. The van der Waals surface area contributed by atoms with Crippen molar-refractivity contribution in [3.05, 3.63) is 52.2 Å². The molecule has 0 aliphatic rings. The van der Waals surface area contributed by atoms with Gasteiger partial charge in [-0.15, -0.1) is 11.3 Å². The van der Waals surface area contributed by atoms with E-state index in [1.165, 1.54) is 4.88 Å². The zero-order valence-corrected chi connectivity index (χ0v) is 12.5. The molecular weight excluding hydrogens is 268 g/mol. The number of rotatable bonds is 5. The first-order chi connectivity index (χ1) is 9.76. The second-order valence-corrected chi connectivity index (χ2v) is 6.02. The minimum Gasteiger partial charge on any atom is -0.460 e. The summed E-state index contributed by atoms with van der Waals surface area (Å²) in [5, 5.41) is 5.76. The summed E-state index contributed by atoms with van der Waals surface area (Å²) in [4.78, 5) is 5.80. The van der Waals surface area contributed by atoms with Gasteiger partial charge in [0, 0.05) is 16.5 Å². The molecule has 4 heteroatoms. The van der Waals surface area contributed by atoms with Crippen molar-refractivity contribution in [2.45, 2.75) is 32.9 Å². The average molecular weight is 286 g/mol.